The number of benzene rings is 1. The minimum atomic E-state index is -3.46. The molecule has 1 aromatic heterocycles. The first-order chi connectivity index (χ1) is 18.8. The zero-order chi connectivity index (χ0) is 29.1. The predicted molar refractivity (Wildman–Crippen MR) is 162 cm³/mol. The fourth-order valence-corrected chi connectivity index (χ4v) is 6.51. The second-order valence-corrected chi connectivity index (χ2v) is 19.7. The summed E-state index contributed by atoms with van der Waals surface area (Å²) in [5.41, 5.74) is 1.41. The van der Waals surface area contributed by atoms with Crippen molar-refractivity contribution in [3.05, 3.63) is 41.0 Å². The number of aromatic nitrogens is 2. The SMILES string of the molecule is CN(C)S(=O)(=O)N[C@H]1CC[C@H](Nc2ncc3c(n2)N(COCC[Si](C)(C)C)C(=O)N(c2ccccc2Cl)C3)CC1. The van der Waals surface area contributed by atoms with Gasteiger partial charge >= 0.3 is 6.03 Å². The molecule has 1 aromatic carbocycles. The number of hydrogen-bond donors (Lipinski definition) is 2. The van der Waals surface area contributed by atoms with Crippen LogP contribution in [0.5, 0.6) is 0 Å². The number of nitrogens with one attached hydrogen (secondary N) is 2. The standard InChI is InChI=1S/C26H40ClN7O4SSi/c1-32(2)39(36,37)31-21-12-10-20(11-13-21)29-25-28-16-19-17-33(23-9-7-6-8-22(23)27)26(35)34(24(19)30-25)18-38-14-15-40(3,4)5/h6-9,16,20-21,31H,10-15,17-18H2,1-5H3,(H,28,29,30)/t20-,21-. The average molecular weight is 610 g/mol. The van der Waals surface area contributed by atoms with Crippen LogP contribution in [0.4, 0.5) is 22.2 Å². The molecule has 4 rings (SSSR count). The molecule has 1 aliphatic heterocycles. The number of fused-ring (bicyclic) bond motifs is 1. The van der Waals surface area contributed by atoms with Gasteiger partial charge in [-0.1, -0.05) is 43.4 Å². The molecule has 0 unspecified atom stereocenters. The van der Waals surface area contributed by atoms with E-state index in [0.29, 0.717) is 48.5 Å². The molecule has 1 saturated carbocycles. The molecular weight excluding hydrogens is 570 g/mol. The highest BCUT2D eigenvalue weighted by Gasteiger charge is 2.35. The highest BCUT2D eigenvalue weighted by Crippen LogP contribution is 2.34. The van der Waals surface area contributed by atoms with E-state index < -0.39 is 18.3 Å². The van der Waals surface area contributed by atoms with Crippen molar-refractivity contribution < 1.29 is 17.9 Å². The van der Waals surface area contributed by atoms with Crippen molar-refractivity contribution in [2.24, 2.45) is 0 Å². The summed E-state index contributed by atoms with van der Waals surface area (Å²) in [6.45, 7) is 7.79. The minimum absolute atomic E-state index is 0.0743. The number of ether oxygens (including phenoxy) is 1. The third kappa shape index (κ3) is 7.71. The molecule has 2 heterocycles. The number of carbonyl (C=O) groups is 1. The Morgan fingerprint density at radius 3 is 2.45 bits per heavy atom. The Bertz CT molecular complexity index is 1300. The zero-order valence-corrected chi connectivity index (χ0v) is 26.4. The van der Waals surface area contributed by atoms with E-state index in [0.717, 1.165) is 24.4 Å². The summed E-state index contributed by atoms with van der Waals surface area (Å²) >= 11 is 6.45. The van der Waals surface area contributed by atoms with E-state index in [-0.39, 0.29) is 24.8 Å². The number of rotatable bonds is 11. The Kier molecular flexibility index (Phi) is 9.73. The van der Waals surface area contributed by atoms with Crippen LogP contribution in [0.2, 0.25) is 30.7 Å². The first-order valence-corrected chi connectivity index (χ1v) is 19.1. The van der Waals surface area contributed by atoms with E-state index in [1.165, 1.54) is 18.4 Å². The van der Waals surface area contributed by atoms with Gasteiger partial charge in [0, 0.05) is 52.6 Å². The molecule has 14 heteroatoms. The molecule has 2 aromatic rings. The third-order valence-electron chi connectivity index (χ3n) is 7.10. The lowest BCUT2D eigenvalue weighted by molar-refractivity contribution is 0.147. The fourth-order valence-electron chi connectivity index (χ4n) is 4.65. The maximum atomic E-state index is 13.7. The Morgan fingerprint density at radius 1 is 1.12 bits per heavy atom. The number of para-hydroxylation sites is 1. The van der Waals surface area contributed by atoms with Crippen LogP contribution in [-0.2, 0) is 21.5 Å². The van der Waals surface area contributed by atoms with Crippen LogP contribution in [0.25, 0.3) is 0 Å². The molecule has 220 valence electrons. The van der Waals surface area contributed by atoms with Crippen molar-refractivity contribution in [2.75, 3.05) is 42.5 Å². The molecule has 0 bridgehead atoms. The number of amides is 2. The Labute approximate surface area is 243 Å². The van der Waals surface area contributed by atoms with E-state index in [1.807, 2.05) is 18.2 Å². The first kappa shape index (κ1) is 30.7. The highest BCUT2D eigenvalue weighted by molar-refractivity contribution is 7.87. The van der Waals surface area contributed by atoms with Gasteiger partial charge in [0.1, 0.15) is 12.5 Å². The lowest BCUT2D eigenvalue weighted by atomic mass is 9.92. The molecule has 2 N–H and O–H groups in total. The van der Waals surface area contributed by atoms with Crippen LogP contribution in [0.15, 0.2) is 30.5 Å². The van der Waals surface area contributed by atoms with Crippen LogP contribution < -0.4 is 19.8 Å². The van der Waals surface area contributed by atoms with Gasteiger partial charge in [-0.2, -0.15) is 22.4 Å². The lowest BCUT2D eigenvalue weighted by Gasteiger charge is -2.36. The van der Waals surface area contributed by atoms with Crippen molar-refractivity contribution in [1.29, 1.82) is 0 Å². The van der Waals surface area contributed by atoms with E-state index in [1.54, 1.807) is 22.1 Å². The molecule has 0 spiro atoms. The smallest absolute Gasteiger partial charge is 0.332 e. The quantitative estimate of drug-likeness (QED) is 0.284. The Hall–Kier alpha value is -2.29. The summed E-state index contributed by atoms with van der Waals surface area (Å²) in [6.07, 6.45) is 4.69. The van der Waals surface area contributed by atoms with E-state index >= 15 is 0 Å². The number of halogens is 1. The maximum Gasteiger partial charge on any atom is 0.332 e. The van der Waals surface area contributed by atoms with E-state index in [2.05, 4.69) is 34.7 Å². The monoisotopic (exact) mass is 609 g/mol. The minimum Gasteiger partial charge on any atom is -0.361 e. The summed E-state index contributed by atoms with van der Waals surface area (Å²) in [4.78, 5) is 26.2. The van der Waals surface area contributed by atoms with Crippen molar-refractivity contribution in [1.82, 2.24) is 19.0 Å². The number of carbonyl (C=O) groups excluding carboxylic acids is 1. The highest BCUT2D eigenvalue weighted by atomic mass is 35.5. The second kappa shape index (κ2) is 12.7. The average Bonchev–Trinajstić information content (AvgIpc) is 2.88. The molecule has 11 nitrogen and oxygen atoms in total. The normalized spacial score (nSPS) is 20.1. The lowest BCUT2D eigenvalue weighted by Crippen LogP contribution is -2.49. The van der Waals surface area contributed by atoms with Gasteiger partial charge in [0.2, 0.25) is 5.95 Å². The summed E-state index contributed by atoms with van der Waals surface area (Å²) in [5, 5.41) is 3.88. The third-order valence-corrected chi connectivity index (χ3v) is 10.7. The molecule has 40 heavy (non-hydrogen) atoms. The number of nitrogens with zero attached hydrogens (tertiary/aromatic N) is 5. The maximum absolute atomic E-state index is 13.7. The summed E-state index contributed by atoms with van der Waals surface area (Å²) in [5.74, 6) is 0.952. The van der Waals surface area contributed by atoms with Gasteiger partial charge in [-0.15, -0.1) is 0 Å². The van der Waals surface area contributed by atoms with Crippen LogP contribution in [0.1, 0.15) is 31.2 Å². The van der Waals surface area contributed by atoms with Crippen molar-refractivity contribution >= 4 is 53.4 Å². The molecule has 0 saturated heterocycles. The van der Waals surface area contributed by atoms with Crippen molar-refractivity contribution in [2.45, 2.75) is 70.0 Å². The largest absolute Gasteiger partial charge is 0.361 e. The van der Waals surface area contributed by atoms with Crippen molar-refractivity contribution in [3.8, 4) is 0 Å². The molecule has 0 atom stereocenters. The van der Waals surface area contributed by atoms with Crippen LogP contribution in [-0.4, -0.2) is 76.3 Å². The zero-order valence-electron chi connectivity index (χ0n) is 23.9. The van der Waals surface area contributed by atoms with Gasteiger partial charge in [-0.25, -0.2) is 9.78 Å². The fraction of sp³-hybridized carbons (Fsp3) is 0.577. The van der Waals surface area contributed by atoms with Crippen LogP contribution in [0.3, 0.4) is 0 Å². The number of hydrogen-bond acceptors (Lipinski definition) is 7. The molecule has 1 fully saturated rings. The van der Waals surface area contributed by atoms with Gasteiger partial charge in [-0.3, -0.25) is 9.80 Å². The molecule has 2 aliphatic rings. The Balaban J connectivity index is 1.49. The van der Waals surface area contributed by atoms with Gasteiger partial charge in [0.05, 0.1) is 17.3 Å². The van der Waals surface area contributed by atoms with Gasteiger partial charge < -0.3 is 10.1 Å². The second-order valence-electron chi connectivity index (χ2n) is 11.7. The van der Waals surface area contributed by atoms with Gasteiger partial charge in [0.15, 0.2) is 0 Å². The predicted octanol–water partition coefficient (Wildman–Crippen LogP) is 4.51. The molecule has 2 amide bonds. The van der Waals surface area contributed by atoms with Gasteiger partial charge in [0.25, 0.3) is 10.2 Å². The summed E-state index contributed by atoms with van der Waals surface area (Å²) < 4.78 is 34.3. The van der Waals surface area contributed by atoms with Crippen LogP contribution >= 0.6 is 11.6 Å². The molecule has 1 aliphatic carbocycles. The summed E-state index contributed by atoms with van der Waals surface area (Å²) in [7, 11) is -1.73. The summed E-state index contributed by atoms with van der Waals surface area (Å²) in [6, 6.07) is 7.98. The molecular formula is C26H40ClN7O4SSi. The number of urea groups is 1. The molecule has 0 radical (unpaired) electrons. The van der Waals surface area contributed by atoms with E-state index in [4.69, 9.17) is 21.3 Å². The Morgan fingerprint density at radius 2 is 1.80 bits per heavy atom. The topological polar surface area (TPSA) is 120 Å². The number of anilines is 3. The van der Waals surface area contributed by atoms with Gasteiger partial charge in [-0.05, 0) is 43.9 Å². The first-order valence-electron chi connectivity index (χ1n) is 13.6. The van der Waals surface area contributed by atoms with Crippen LogP contribution in [0, 0.1) is 0 Å². The van der Waals surface area contributed by atoms with Crippen molar-refractivity contribution in [3.63, 3.8) is 0 Å². The van der Waals surface area contributed by atoms with E-state index in [9.17, 15) is 13.2 Å².